The fraction of sp³-hybridized carbons (Fsp3) is 0.619. The average molecular weight is 379 g/mol. The van der Waals surface area contributed by atoms with E-state index in [2.05, 4.69) is 49.9 Å². The van der Waals surface area contributed by atoms with Crippen LogP contribution in [-0.2, 0) is 9.59 Å². The Morgan fingerprint density at radius 3 is 2.37 bits per heavy atom. The van der Waals surface area contributed by atoms with E-state index in [1.165, 1.54) is 44.5 Å². The summed E-state index contributed by atoms with van der Waals surface area (Å²) in [6, 6.07) is 8.64. The Bertz CT molecular complexity index is 560. The molecule has 2 N–H and O–H groups in total. The summed E-state index contributed by atoms with van der Waals surface area (Å²) < 4.78 is 5.87. The number of aliphatic carboxylic acids is 2. The summed E-state index contributed by atoms with van der Waals surface area (Å²) in [5.41, 5.74) is 1.41. The Kier molecular flexibility index (Phi) is 10.5. The maximum absolute atomic E-state index is 9.10. The lowest BCUT2D eigenvalue weighted by Gasteiger charge is -2.30. The first-order valence-corrected chi connectivity index (χ1v) is 9.74. The van der Waals surface area contributed by atoms with E-state index in [0.29, 0.717) is 5.92 Å². The fourth-order valence-corrected chi connectivity index (χ4v) is 3.10. The number of hydrogen-bond donors (Lipinski definition) is 2. The van der Waals surface area contributed by atoms with E-state index in [1.54, 1.807) is 0 Å². The molecule has 1 aliphatic heterocycles. The molecule has 0 aromatic heterocycles. The highest BCUT2D eigenvalue weighted by molar-refractivity contribution is 6.27. The van der Waals surface area contributed by atoms with Gasteiger partial charge in [0, 0.05) is 13.1 Å². The summed E-state index contributed by atoms with van der Waals surface area (Å²) in [6.07, 6.45) is 5.07. The lowest BCUT2D eigenvalue weighted by Crippen LogP contribution is -2.35. The standard InChI is InChI=1S/C19H31NO.C2H2O4/c1-4-17(3)18-8-10-19(11-9-18)21-14-6-13-20-12-5-7-16(2)15-20;3-1(4)2(5)6/h8-11,16-17H,4-7,12-15H2,1-3H3;(H,3,4)(H,5,6). The molecule has 1 fully saturated rings. The van der Waals surface area contributed by atoms with Crippen molar-refractivity contribution in [2.75, 3.05) is 26.2 Å². The highest BCUT2D eigenvalue weighted by Gasteiger charge is 2.15. The minimum absolute atomic E-state index is 0.639. The van der Waals surface area contributed by atoms with Crippen molar-refractivity contribution in [2.45, 2.75) is 52.4 Å². The highest BCUT2D eigenvalue weighted by atomic mass is 16.5. The summed E-state index contributed by atoms with van der Waals surface area (Å²) >= 11 is 0. The van der Waals surface area contributed by atoms with Gasteiger partial charge >= 0.3 is 11.9 Å². The number of hydrogen-bond acceptors (Lipinski definition) is 4. The van der Waals surface area contributed by atoms with E-state index in [4.69, 9.17) is 24.5 Å². The van der Waals surface area contributed by atoms with E-state index in [-0.39, 0.29) is 0 Å². The van der Waals surface area contributed by atoms with Gasteiger partial charge in [-0.25, -0.2) is 9.59 Å². The Morgan fingerprint density at radius 1 is 1.22 bits per heavy atom. The first kappa shape index (κ1) is 23.0. The van der Waals surface area contributed by atoms with Crippen molar-refractivity contribution in [1.82, 2.24) is 4.90 Å². The molecule has 0 amide bonds. The largest absolute Gasteiger partial charge is 0.494 e. The smallest absolute Gasteiger partial charge is 0.414 e. The second-order valence-electron chi connectivity index (χ2n) is 7.24. The zero-order valence-electron chi connectivity index (χ0n) is 16.7. The van der Waals surface area contributed by atoms with Crippen molar-refractivity contribution in [3.63, 3.8) is 0 Å². The lowest BCUT2D eigenvalue weighted by molar-refractivity contribution is -0.159. The van der Waals surface area contributed by atoms with Gasteiger partial charge in [0.15, 0.2) is 0 Å². The Morgan fingerprint density at radius 2 is 1.85 bits per heavy atom. The van der Waals surface area contributed by atoms with E-state index >= 15 is 0 Å². The van der Waals surface area contributed by atoms with Crippen LogP contribution in [0.2, 0.25) is 0 Å². The Hall–Kier alpha value is -2.08. The van der Waals surface area contributed by atoms with Gasteiger partial charge in [-0.2, -0.15) is 0 Å². The van der Waals surface area contributed by atoms with Gasteiger partial charge in [0.25, 0.3) is 0 Å². The molecule has 2 atom stereocenters. The predicted octanol–water partition coefficient (Wildman–Crippen LogP) is 3.86. The molecule has 2 rings (SSSR count). The van der Waals surface area contributed by atoms with E-state index in [1.807, 2.05) is 0 Å². The number of piperidine rings is 1. The molecular weight excluding hydrogens is 346 g/mol. The molecule has 152 valence electrons. The van der Waals surface area contributed by atoms with Crippen LogP contribution < -0.4 is 4.74 Å². The highest BCUT2D eigenvalue weighted by Crippen LogP contribution is 2.21. The number of carbonyl (C=O) groups is 2. The van der Waals surface area contributed by atoms with Gasteiger partial charge in [0.2, 0.25) is 0 Å². The molecule has 1 saturated heterocycles. The van der Waals surface area contributed by atoms with Crippen LogP contribution >= 0.6 is 0 Å². The first-order valence-electron chi connectivity index (χ1n) is 9.74. The maximum Gasteiger partial charge on any atom is 0.414 e. The van der Waals surface area contributed by atoms with Crippen LogP contribution in [0.3, 0.4) is 0 Å². The second-order valence-corrected chi connectivity index (χ2v) is 7.24. The van der Waals surface area contributed by atoms with Crippen LogP contribution in [-0.4, -0.2) is 53.3 Å². The van der Waals surface area contributed by atoms with Gasteiger partial charge < -0.3 is 19.8 Å². The summed E-state index contributed by atoms with van der Waals surface area (Å²) in [5.74, 6) is -1.13. The van der Waals surface area contributed by atoms with Crippen molar-refractivity contribution >= 4 is 11.9 Å². The predicted molar refractivity (Wildman–Crippen MR) is 105 cm³/mol. The minimum Gasteiger partial charge on any atom is -0.494 e. The van der Waals surface area contributed by atoms with Crippen LogP contribution in [0.4, 0.5) is 0 Å². The Balaban J connectivity index is 0.000000527. The van der Waals surface area contributed by atoms with Crippen molar-refractivity contribution in [3.8, 4) is 5.75 Å². The number of carboxylic acids is 2. The summed E-state index contributed by atoms with van der Waals surface area (Å²) in [5, 5.41) is 14.8. The SMILES string of the molecule is CCC(C)c1ccc(OCCCN2CCCC(C)C2)cc1.O=C(O)C(=O)O. The van der Waals surface area contributed by atoms with Crippen LogP contribution in [0, 0.1) is 5.92 Å². The van der Waals surface area contributed by atoms with Gasteiger partial charge in [-0.15, -0.1) is 0 Å². The number of carboxylic acid groups (broad SMARTS) is 2. The number of rotatable bonds is 7. The second kappa shape index (κ2) is 12.3. The van der Waals surface area contributed by atoms with Gasteiger partial charge in [-0.3, -0.25) is 0 Å². The van der Waals surface area contributed by atoms with Crippen molar-refractivity contribution in [3.05, 3.63) is 29.8 Å². The molecule has 2 unspecified atom stereocenters. The maximum atomic E-state index is 9.10. The van der Waals surface area contributed by atoms with Crippen LogP contribution in [0.15, 0.2) is 24.3 Å². The van der Waals surface area contributed by atoms with E-state index < -0.39 is 11.9 Å². The Labute approximate surface area is 162 Å². The molecule has 0 spiro atoms. The van der Waals surface area contributed by atoms with Crippen molar-refractivity contribution in [2.24, 2.45) is 5.92 Å². The lowest BCUT2D eigenvalue weighted by atomic mass is 9.99. The normalized spacial score (nSPS) is 18.1. The van der Waals surface area contributed by atoms with Gasteiger partial charge in [-0.05, 0) is 61.8 Å². The van der Waals surface area contributed by atoms with E-state index in [0.717, 1.165) is 24.7 Å². The molecule has 1 aliphatic rings. The van der Waals surface area contributed by atoms with Crippen LogP contribution in [0.5, 0.6) is 5.75 Å². The molecule has 0 aliphatic carbocycles. The number of likely N-dealkylation sites (tertiary alicyclic amines) is 1. The molecule has 6 nitrogen and oxygen atoms in total. The number of nitrogens with zero attached hydrogens (tertiary/aromatic N) is 1. The summed E-state index contributed by atoms with van der Waals surface area (Å²) in [7, 11) is 0. The third kappa shape index (κ3) is 9.43. The number of ether oxygens (including phenoxy) is 1. The molecule has 1 heterocycles. The van der Waals surface area contributed by atoms with Crippen molar-refractivity contribution < 1.29 is 24.5 Å². The zero-order chi connectivity index (χ0) is 20.2. The molecule has 1 aromatic carbocycles. The first-order chi connectivity index (χ1) is 12.8. The van der Waals surface area contributed by atoms with Gasteiger partial charge in [0.05, 0.1) is 6.61 Å². The van der Waals surface area contributed by atoms with Gasteiger partial charge in [0.1, 0.15) is 5.75 Å². The summed E-state index contributed by atoms with van der Waals surface area (Å²) in [4.78, 5) is 20.8. The third-order valence-corrected chi connectivity index (χ3v) is 4.87. The topological polar surface area (TPSA) is 87.1 Å². The van der Waals surface area contributed by atoms with Gasteiger partial charge in [-0.1, -0.05) is 32.9 Å². The summed E-state index contributed by atoms with van der Waals surface area (Å²) in [6.45, 7) is 11.4. The monoisotopic (exact) mass is 379 g/mol. The zero-order valence-corrected chi connectivity index (χ0v) is 16.7. The molecule has 0 bridgehead atoms. The van der Waals surface area contributed by atoms with Crippen LogP contribution in [0.1, 0.15) is 57.9 Å². The molecule has 6 heteroatoms. The third-order valence-electron chi connectivity index (χ3n) is 4.87. The molecule has 0 saturated carbocycles. The molecule has 1 aromatic rings. The molecule has 27 heavy (non-hydrogen) atoms. The van der Waals surface area contributed by atoms with E-state index in [9.17, 15) is 0 Å². The average Bonchev–Trinajstić information content (AvgIpc) is 2.65. The number of benzene rings is 1. The van der Waals surface area contributed by atoms with Crippen molar-refractivity contribution in [1.29, 1.82) is 0 Å². The molecular formula is C21H33NO5. The minimum atomic E-state index is -1.82. The quantitative estimate of drug-likeness (QED) is 0.553. The fourth-order valence-electron chi connectivity index (χ4n) is 3.10. The molecule has 0 radical (unpaired) electrons. The van der Waals surface area contributed by atoms with Crippen LogP contribution in [0.25, 0.3) is 0 Å².